The molecule has 3 nitrogen and oxygen atoms in total. The Hall–Kier alpha value is -1.52. The topological polar surface area (TPSA) is 23.6 Å². The maximum Gasteiger partial charge on any atom is 0.237 e. The molecule has 1 amide bonds. The number of amides is 1. The van der Waals surface area contributed by atoms with Gasteiger partial charge in [-0.3, -0.25) is 9.69 Å². The Morgan fingerprint density at radius 3 is 2.64 bits per heavy atom. The summed E-state index contributed by atoms with van der Waals surface area (Å²) in [5.41, 5.74) is 1.24. The Morgan fingerprint density at radius 1 is 1.04 bits per heavy atom. The molecule has 2 aliphatic rings. The van der Waals surface area contributed by atoms with Gasteiger partial charge >= 0.3 is 0 Å². The first-order valence-corrected chi connectivity index (χ1v) is 9.93. The Bertz CT molecular complexity index is 751. The van der Waals surface area contributed by atoms with Gasteiger partial charge in [-0.05, 0) is 55.1 Å². The SMILES string of the molecule is O=C(CN1CCCC1)N1CCCC1C(S)c1cccc2ccccc12. The first-order chi connectivity index (χ1) is 12.2. The minimum Gasteiger partial charge on any atom is -0.337 e. The lowest BCUT2D eigenvalue weighted by Crippen LogP contribution is -2.43. The lowest BCUT2D eigenvalue weighted by atomic mass is 9.97. The van der Waals surface area contributed by atoms with E-state index in [9.17, 15) is 4.79 Å². The van der Waals surface area contributed by atoms with Crippen LogP contribution in [0.2, 0.25) is 0 Å². The second-order valence-electron chi connectivity index (χ2n) is 7.29. The highest BCUT2D eigenvalue weighted by Gasteiger charge is 2.35. The van der Waals surface area contributed by atoms with Gasteiger partial charge in [0.05, 0.1) is 6.54 Å². The summed E-state index contributed by atoms with van der Waals surface area (Å²) in [5.74, 6) is 0.281. The average Bonchev–Trinajstić information content (AvgIpc) is 3.32. The fourth-order valence-corrected chi connectivity index (χ4v) is 4.90. The summed E-state index contributed by atoms with van der Waals surface area (Å²) < 4.78 is 0. The van der Waals surface area contributed by atoms with Crippen molar-refractivity contribution in [1.29, 1.82) is 0 Å². The molecule has 132 valence electrons. The van der Waals surface area contributed by atoms with E-state index in [0.29, 0.717) is 6.54 Å². The maximum atomic E-state index is 12.9. The third-order valence-corrected chi connectivity index (χ3v) is 6.31. The second-order valence-corrected chi connectivity index (χ2v) is 7.85. The summed E-state index contributed by atoms with van der Waals surface area (Å²) in [5, 5.41) is 2.56. The van der Waals surface area contributed by atoms with Gasteiger partial charge in [0.15, 0.2) is 0 Å². The summed E-state index contributed by atoms with van der Waals surface area (Å²) >= 11 is 4.99. The maximum absolute atomic E-state index is 12.9. The fraction of sp³-hybridized carbons (Fsp3) is 0.476. The van der Waals surface area contributed by atoms with Crippen molar-refractivity contribution < 1.29 is 4.79 Å². The summed E-state index contributed by atoms with van der Waals surface area (Å²) in [6, 6.07) is 15.1. The molecule has 0 bridgehead atoms. The van der Waals surface area contributed by atoms with Crippen molar-refractivity contribution in [2.75, 3.05) is 26.2 Å². The van der Waals surface area contributed by atoms with Gasteiger partial charge in [-0.25, -0.2) is 0 Å². The van der Waals surface area contributed by atoms with Crippen LogP contribution >= 0.6 is 12.6 Å². The van der Waals surface area contributed by atoms with E-state index in [4.69, 9.17) is 12.6 Å². The van der Waals surface area contributed by atoms with E-state index in [1.807, 2.05) is 0 Å². The van der Waals surface area contributed by atoms with E-state index < -0.39 is 0 Å². The van der Waals surface area contributed by atoms with Crippen LogP contribution in [0.25, 0.3) is 10.8 Å². The zero-order chi connectivity index (χ0) is 17.2. The van der Waals surface area contributed by atoms with Gasteiger partial charge in [0.25, 0.3) is 0 Å². The van der Waals surface area contributed by atoms with Gasteiger partial charge < -0.3 is 4.90 Å². The molecular formula is C21H26N2OS. The van der Waals surface area contributed by atoms with Crippen molar-refractivity contribution in [3.8, 4) is 0 Å². The van der Waals surface area contributed by atoms with Crippen LogP contribution in [0, 0.1) is 0 Å². The third kappa shape index (κ3) is 3.42. The first-order valence-electron chi connectivity index (χ1n) is 9.41. The molecule has 0 aliphatic carbocycles. The van der Waals surface area contributed by atoms with Crippen LogP contribution in [-0.2, 0) is 4.79 Å². The molecule has 2 aliphatic heterocycles. The van der Waals surface area contributed by atoms with Crippen LogP contribution in [0.1, 0.15) is 36.5 Å². The van der Waals surface area contributed by atoms with Crippen LogP contribution in [0.4, 0.5) is 0 Å². The lowest BCUT2D eigenvalue weighted by Gasteiger charge is -2.31. The monoisotopic (exact) mass is 354 g/mol. The van der Waals surface area contributed by atoms with E-state index in [2.05, 4.69) is 52.3 Å². The zero-order valence-corrected chi connectivity index (χ0v) is 15.5. The van der Waals surface area contributed by atoms with E-state index in [-0.39, 0.29) is 17.2 Å². The minimum atomic E-state index is 0.0659. The molecular weight excluding hydrogens is 328 g/mol. The molecule has 25 heavy (non-hydrogen) atoms. The average molecular weight is 355 g/mol. The predicted octanol–water partition coefficient (Wildman–Crippen LogP) is 3.90. The number of carbonyl (C=O) groups excluding carboxylic acids is 1. The number of thiol groups is 1. The number of benzene rings is 2. The van der Waals surface area contributed by atoms with Crippen molar-refractivity contribution in [1.82, 2.24) is 9.80 Å². The Kier molecular flexibility index (Phi) is 5.00. The quantitative estimate of drug-likeness (QED) is 0.842. The number of rotatable bonds is 4. The van der Waals surface area contributed by atoms with Crippen LogP contribution in [0.3, 0.4) is 0 Å². The fourth-order valence-electron chi connectivity index (χ4n) is 4.37. The zero-order valence-electron chi connectivity index (χ0n) is 14.6. The molecule has 2 atom stereocenters. The minimum absolute atomic E-state index is 0.0659. The first kappa shape index (κ1) is 16.9. The number of hydrogen-bond donors (Lipinski definition) is 1. The molecule has 0 spiro atoms. The van der Waals surface area contributed by atoms with E-state index in [0.717, 1.165) is 32.5 Å². The number of carbonyl (C=O) groups is 1. The molecule has 0 radical (unpaired) electrons. The Morgan fingerprint density at radius 2 is 1.80 bits per heavy atom. The predicted molar refractivity (Wildman–Crippen MR) is 106 cm³/mol. The van der Waals surface area contributed by atoms with Crippen molar-refractivity contribution in [3.63, 3.8) is 0 Å². The van der Waals surface area contributed by atoms with E-state index >= 15 is 0 Å². The van der Waals surface area contributed by atoms with Crippen molar-refractivity contribution in [3.05, 3.63) is 48.0 Å². The molecule has 2 aromatic rings. The van der Waals surface area contributed by atoms with Crippen LogP contribution in [0.15, 0.2) is 42.5 Å². The molecule has 4 rings (SSSR count). The van der Waals surface area contributed by atoms with Gasteiger partial charge in [0, 0.05) is 17.8 Å². The molecule has 0 aromatic heterocycles. The number of fused-ring (bicyclic) bond motifs is 1. The second kappa shape index (κ2) is 7.38. The standard InChI is InChI=1S/C21H26N2OS/c24-20(15-22-12-3-4-13-22)23-14-6-11-19(23)21(25)18-10-5-8-16-7-1-2-9-17(16)18/h1-2,5,7-10,19,21,25H,3-4,6,11-15H2. The van der Waals surface area contributed by atoms with Crippen molar-refractivity contribution >= 4 is 29.3 Å². The highest BCUT2D eigenvalue weighted by molar-refractivity contribution is 7.80. The van der Waals surface area contributed by atoms with E-state index in [1.54, 1.807) is 0 Å². The molecule has 0 saturated carbocycles. The van der Waals surface area contributed by atoms with E-state index in [1.165, 1.54) is 29.2 Å². The van der Waals surface area contributed by atoms with Crippen molar-refractivity contribution in [2.45, 2.75) is 37.0 Å². The summed E-state index contributed by atoms with van der Waals surface area (Å²) in [6.45, 7) is 3.58. The highest BCUT2D eigenvalue weighted by Crippen LogP contribution is 2.37. The molecule has 4 heteroatoms. The normalized spacial score (nSPS) is 22.6. The van der Waals surface area contributed by atoms with Gasteiger partial charge in [-0.2, -0.15) is 12.6 Å². The van der Waals surface area contributed by atoms with Crippen LogP contribution in [-0.4, -0.2) is 47.9 Å². The van der Waals surface area contributed by atoms with Gasteiger partial charge in [-0.1, -0.05) is 42.5 Å². The summed E-state index contributed by atoms with van der Waals surface area (Å²) in [6.07, 6.45) is 4.57. The Balaban J connectivity index is 1.55. The lowest BCUT2D eigenvalue weighted by molar-refractivity contribution is -0.133. The van der Waals surface area contributed by atoms with Gasteiger partial charge in [-0.15, -0.1) is 0 Å². The number of likely N-dealkylation sites (tertiary alicyclic amines) is 2. The summed E-state index contributed by atoms with van der Waals surface area (Å²) in [4.78, 5) is 17.3. The molecule has 0 N–H and O–H groups in total. The molecule has 2 saturated heterocycles. The van der Waals surface area contributed by atoms with Crippen LogP contribution < -0.4 is 0 Å². The molecule has 2 unspecified atom stereocenters. The molecule has 2 heterocycles. The van der Waals surface area contributed by atoms with Gasteiger partial charge in [0.2, 0.25) is 5.91 Å². The highest BCUT2D eigenvalue weighted by atomic mass is 32.1. The number of nitrogens with zero attached hydrogens (tertiary/aromatic N) is 2. The third-order valence-electron chi connectivity index (χ3n) is 5.68. The molecule has 2 aromatic carbocycles. The number of hydrogen-bond acceptors (Lipinski definition) is 3. The largest absolute Gasteiger partial charge is 0.337 e. The van der Waals surface area contributed by atoms with Crippen molar-refractivity contribution in [2.24, 2.45) is 0 Å². The Labute approximate surface area is 155 Å². The summed E-state index contributed by atoms with van der Waals surface area (Å²) in [7, 11) is 0. The molecule has 2 fully saturated rings. The van der Waals surface area contributed by atoms with Gasteiger partial charge in [0.1, 0.15) is 0 Å². The smallest absolute Gasteiger partial charge is 0.237 e. The van der Waals surface area contributed by atoms with Crippen LogP contribution in [0.5, 0.6) is 0 Å².